The minimum Gasteiger partial charge on any atom is -0.497 e. The molecule has 0 aliphatic carbocycles. The maximum Gasteiger partial charge on any atom is 0.339 e. The van der Waals surface area contributed by atoms with Crippen molar-refractivity contribution < 1.29 is 14.3 Å². The fourth-order valence-corrected chi connectivity index (χ4v) is 1.55. The Bertz CT molecular complexity index is 449. The Morgan fingerprint density at radius 3 is 2.53 bits per heavy atom. The molecule has 0 amide bonds. The zero-order valence-corrected chi connectivity index (χ0v) is 11.8. The number of halogens is 1. The average molecular weight is 281 g/mol. The molecule has 0 N–H and O–H groups in total. The molecule has 0 aliphatic heterocycles. The minimum absolute atomic E-state index is 0.400. The normalized spacial score (nSPS) is 12.8. The summed E-state index contributed by atoms with van der Waals surface area (Å²) in [4.78, 5) is 11.9. The standard InChI is InChI=1S/C15H17ClO3/c1-3-4-5-14(10-11-16)19-15(17)12-6-8-13(18-2)9-7-12/h4-11,14H,3H2,1-2H3/b5-4+,11-10+. The molecular formula is C15H17ClO3. The summed E-state index contributed by atoms with van der Waals surface area (Å²) in [6.07, 6.45) is 5.73. The van der Waals surface area contributed by atoms with E-state index < -0.39 is 12.1 Å². The van der Waals surface area contributed by atoms with Crippen LogP contribution in [-0.4, -0.2) is 19.2 Å². The molecule has 1 aromatic carbocycles. The zero-order chi connectivity index (χ0) is 14.1. The zero-order valence-electron chi connectivity index (χ0n) is 11.0. The first-order chi connectivity index (χ1) is 9.21. The van der Waals surface area contributed by atoms with Gasteiger partial charge in [0.15, 0.2) is 0 Å². The van der Waals surface area contributed by atoms with Crippen molar-refractivity contribution in [1.29, 1.82) is 0 Å². The monoisotopic (exact) mass is 280 g/mol. The van der Waals surface area contributed by atoms with E-state index >= 15 is 0 Å². The van der Waals surface area contributed by atoms with Crippen molar-refractivity contribution in [3.05, 3.63) is 53.6 Å². The lowest BCUT2D eigenvalue weighted by Crippen LogP contribution is -2.14. The van der Waals surface area contributed by atoms with Gasteiger partial charge in [0.2, 0.25) is 0 Å². The molecule has 1 atom stereocenters. The number of esters is 1. The first-order valence-electron chi connectivity index (χ1n) is 5.99. The summed E-state index contributed by atoms with van der Waals surface area (Å²) in [5.74, 6) is 0.294. The fourth-order valence-electron chi connectivity index (χ4n) is 1.40. The van der Waals surface area contributed by atoms with E-state index in [1.165, 1.54) is 5.54 Å². The molecule has 3 nitrogen and oxygen atoms in total. The van der Waals surface area contributed by atoms with E-state index in [1.807, 2.05) is 13.0 Å². The van der Waals surface area contributed by atoms with Gasteiger partial charge < -0.3 is 9.47 Å². The molecular weight excluding hydrogens is 264 g/mol. The smallest absolute Gasteiger partial charge is 0.339 e. The summed E-state index contributed by atoms with van der Waals surface area (Å²) in [5.41, 5.74) is 1.81. The summed E-state index contributed by atoms with van der Waals surface area (Å²) < 4.78 is 10.3. The number of ether oxygens (including phenoxy) is 2. The summed E-state index contributed by atoms with van der Waals surface area (Å²) in [6, 6.07) is 6.74. The van der Waals surface area contributed by atoms with Gasteiger partial charge in [-0.1, -0.05) is 24.6 Å². The van der Waals surface area contributed by atoms with E-state index in [0.29, 0.717) is 11.3 Å². The van der Waals surface area contributed by atoms with Crippen LogP contribution >= 0.6 is 11.6 Å². The molecule has 0 bridgehead atoms. The van der Waals surface area contributed by atoms with Gasteiger partial charge in [0.1, 0.15) is 11.9 Å². The molecule has 19 heavy (non-hydrogen) atoms. The van der Waals surface area contributed by atoms with Crippen molar-refractivity contribution in [2.45, 2.75) is 19.4 Å². The third kappa shape index (κ3) is 5.18. The number of methoxy groups -OCH3 is 1. The van der Waals surface area contributed by atoms with Crippen LogP contribution in [0.5, 0.6) is 5.75 Å². The molecule has 1 unspecified atom stereocenters. The van der Waals surface area contributed by atoms with Crippen molar-refractivity contribution in [3.8, 4) is 5.75 Å². The second-order valence-corrected chi connectivity index (χ2v) is 4.01. The highest BCUT2D eigenvalue weighted by Crippen LogP contribution is 2.13. The first kappa shape index (κ1) is 15.3. The second kappa shape index (κ2) is 8.38. The Labute approximate surface area is 118 Å². The summed E-state index contributed by atoms with van der Waals surface area (Å²) in [6.45, 7) is 2.00. The molecule has 0 aromatic heterocycles. The van der Waals surface area contributed by atoms with Crippen molar-refractivity contribution in [2.75, 3.05) is 7.11 Å². The molecule has 0 radical (unpaired) electrons. The van der Waals surface area contributed by atoms with E-state index in [0.717, 1.165) is 6.42 Å². The third-order valence-electron chi connectivity index (χ3n) is 2.39. The Balaban J connectivity index is 2.72. The summed E-state index contributed by atoms with van der Waals surface area (Å²) >= 11 is 5.52. The van der Waals surface area contributed by atoms with Crippen molar-refractivity contribution in [2.24, 2.45) is 0 Å². The molecule has 0 spiro atoms. The number of carbonyl (C=O) groups is 1. The second-order valence-electron chi connectivity index (χ2n) is 3.75. The van der Waals surface area contributed by atoms with E-state index in [9.17, 15) is 4.79 Å². The van der Waals surface area contributed by atoms with Crippen LogP contribution in [0.25, 0.3) is 0 Å². The maximum absolute atomic E-state index is 11.9. The number of carbonyl (C=O) groups excluding carboxylic acids is 1. The Kier molecular flexibility index (Phi) is 6.75. The molecule has 0 saturated carbocycles. The minimum atomic E-state index is -0.452. The van der Waals surface area contributed by atoms with Gasteiger partial charge in [-0.2, -0.15) is 0 Å². The highest BCUT2D eigenvalue weighted by Gasteiger charge is 2.11. The van der Waals surface area contributed by atoms with Gasteiger partial charge in [-0.15, -0.1) is 0 Å². The molecule has 102 valence electrons. The van der Waals surface area contributed by atoms with Gasteiger partial charge in [0.25, 0.3) is 0 Å². The van der Waals surface area contributed by atoms with Gasteiger partial charge in [-0.05, 0) is 42.8 Å². The summed E-state index contributed by atoms with van der Waals surface area (Å²) in [7, 11) is 1.57. The topological polar surface area (TPSA) is 35.5 Å². The lowest BCUT2D eigenvalue weighted by molar-refractivity contribution is 0.0463. The van der Waals surface area contributed by atoms with Crippen molar-refractivity contribution in [1.82, 2.24) is 0 Å². The number of rotatable bonds is 6. The van der Waals surface area contributed by atoms with E-state index in [2.05, 4.69) is 0 Å². The van der Waals surface area contributed by atoms with E-state index in [-0.39, 0.29) is 0 Å². The van der Waals surface area contributed by atoms with E-state index in [1.54, 1.807) is 43.5 Å². The number of hydrogen-bond donors (Lipinski definition) is 0. The lowest BCUT2D eigenvalue weighted by Gasteiger charge is -2.10. The predicted molar refractivity (Wildman–Crippen MR) is 76.6 cm³/mol. The SMILES string of the molecule is CC/C=C/C(/C=C/Cl)OC(=O)c1ccc(OC)cc1. The van der Waals surface area contributed by atoms with Gasteiger partial charge in [-0.25, -0.2) is 4.79 Å². The Hall–Kier alpha value is -1.74. The quantitative estimate of drug-likeness (QED) is 0.585. The first-order valence-corrected chi connectivity index (χ1v) is 6.43. The van der Waals surface area contributed by atoms with Crippen LogP contribution in [0, 0.1) is 0 Å². The van der Waals surface area contributed by atoms with Crippen LogP contribution < -0.4 is 4.74 Å². The van der Waals surface area contributed by atoms with E-state index in [4.69, 9.17) is 21.1 Å². The lowest BCUT2D eigenvalue weighted by atomic mass is 10.2. The van der Waals surface area contributed by atoms with Crippen LogP contribution in [0.1, 0.15) is 23.7 Å². The Morgan fingerprint density at radius 1 is 1.32 bits per heavy atom. The summed E-state index contributed by atoms with van der Waals surface area (Å²) in [5, 5.41) is 0. The van der Waals surface area contributed by atoms with Crippen molar-refractivity contribution in [3.63, 3.8) is 0 Å². The number of allylic oxidation sites excluding steroid dienone is 1. The van der Waals surface area contributed by atoms with Gasteiger partial charge in [0, 0.05) is 5.54 Å². The highest BCUT2D eigenvalue weighted by atomic mass is 35.5. The highest BCUT2D eigenvalue weighted by molar-refractivity contribution is 6.25. The average Bonchev–Trinajstić information content (AvgIpc) is 2.45. The van der Waals surface area contributed by atoms with Gasteiger partial charge >= 0.3 is 5.97 Å². The molecule has 0 heterocycles. The third-order valence-corrected chi connectivity index (χ3v) is 2.54. The van der Waals surface area contributed by atoms with Crippen LogP contribution in [0.3, 0.4) is 0 Å². The molecule has 1 rings (SSSR count). The molecule has 0 aliphatic rings. The van der Waals surface area contributed by atoms with Crippen molar-refractivity contribution >= 4 is 17.6 Å². The molecule has 0 fully saturated rings. The van der Waals surface area contributed by atoms with Gasteiger partial charge in [-0.3, -0.25) is 0 Å². The predicted octanol–water partition coefficient (Wildman–Crippen LogP) is 3.94. The maximum atomic E-state index is 11.9. The largest absolute Gasteiger partial charge is 0.497 e. The Morgan fingerprint density at radius 2 is 2.00 bits per heavy atom. The van der Waals surface area contributed by atoms with Crippen LogP contribution in [0.2, 0.25) is 0 Å². The van der Waals surface area contributed by atoms with Crippen LogP contribution in [0.15, 0.2) is 48.0 Å². The molecule has 1 aromatic rings. The van der Waals surface area contributed by atoms with Crippen LogP contribution in [-0.2, 0) is 4.74 Å². The van der Waals surface area contributed by atoms with Gasteiger partial charge in [0.05, 0.1) is 12.7 Å². The molecule has 4 heteroatoms. The number of hydrogen-bond acceptors (Lipinski definition) is 3. The molecule has 0 saturated heterocycles. The number of benzene rings is 1. The van der Waals surface area contributed by atoms with Crippen LogP contribution in [0.4, 0.5) is 0 Å². The fraction of sp³-hybridized carbons (Fsp3) is 0.267.